The van der Waals surface area contributed by atoms with E-state index in [4.69, 9.17) is 4.42 Å². The summed E-state index contributed by atoms with van der Waals surface area (Å²) in [5.41, 5.74) is 2.94. The summed E-state index contributed by atoms with van der Waals surface area (Å²) in [4.78, 5) is 4.41. The zero-order valence-corrected chi connectivity index (χ0v) is 15.5. The van der Waals surface area contributed by atoms with Gasteiger partial charge in [0.15, 0.2) is 5.89 Å². The molecule has 124 valence electrons. The average Bonchev–Trinajstić information content (AvgIpc) is 2.97. The van der Waals surface area contributed by atoms with Gasteiger partial charge in [0.25, 0.3) is 10.0 Å². The van der Waals surface area contributed by atoms with Gasteiger partial charge in [-0.15, -0.1) is 0 Å². The Balaban J connectivity index is 1.85. The topological polar surface area (TPSA) is 72.2 Å². The van der Waals surface area contributed by atoms with Gasteiger partial charge in [-0.25, -0.2) is 13.4 Å². The van der Waals surface area contributed by atoms with E-state index in [0.717, 1.165) is 15.6 Å². The molecule has 3 aromatic rings. The number of oxazole rings is 1. The lowest BCUT2D eigenvalue weighted by molar-refractivity contribution is 0.521. The van der Waals surface area contributed by atoms with E-state index in [1.165, 1.54) is 0 Å². The maximum Gasteiger partial charge on any atom is 0.261 e. The number of nitrogens with zero attached hydrogens (tertiary/aromatic N) is 1. The van der Waals surface area contributed by atoms with E-state index in [1.807, 2.05) is 13.0 Å². The first-order valence-corrected chi connectivity index (χ1v) is 9.44. The second kappa shape index (κ2) is 6.41. The summed E-state index contributed by atoms with van der Waals surface area (Å²) in [6, 6.07) is 11.8. The number of benzene rings is 2. The minimum absolute atomic E-state index is 0.187. The standard InChI is InChI=1S/C17H15BrN2O3S/c1-11-9-14(5-8-16(11)18)20-24(21,22)15-6-3-13(4-7-15)17-10-23-12(2)19-17/h3-10,20H,1-2H3. The van der Waals surface area contributed by atoms with Crippen LogP contribution in [-0.2, 0) is 10.0 Å². The molecule has 24 heavy (non-hydrogen) atoms. The van der Waals surface area contributed by atoms with Crippen LogP contribution in [0.1, 0.15) is 11.5 Å². The van der Waals surface area contributed by atoms with E-state index in [9.17, 15) is 8.42 Å². The molecule has 0 fully saturated rings. The molecule has 0 aliphatic carbocycles. The van der Waals surface area contributed by atoms with Crippen molar-refractivity contribution in [2.24, 2.45) is 0 Å². The first-order valence-electron chi connectivity index (χ1n) is 7.17. The third kappa shape index (κ3) is 3.52. The molecule has 0 atom stereocenters. The Morgan fingerprint density at radius 3 is 2.38 bits per heavy atom. The van der Waals surface area contributed by atoms with E-state index in [1.54, 1.807) is 49.6 Å². The predicted octanol–water partition coefficient (Wildman–Crippen LogP) is 4.52. The average molecular weight is 407 g/mol. The maximum absolute atomic E-state index is 12.5. The van der Waals surface area contributed by atoms with Gasteiger partial charge in [0.2, 0.25) is 0 Å². The Kier molecular flexibility index (Phi) is 4.47. The van der Waals surface area contributed by atoms with Crippen molar-refractivity contribution in [2.45, 2.75) is 18.7 Å². The van der Waals surface area contributed by atoms with Gasteiger partial charge in [-0.3, -0.25) is 4.72 Å². The first-order chi connectivity index (χ1) is 11.3. The predicted molar refractivity (Wildman–Crippen MR) is 96.4 cm³/mol. The van der Waals surface area contributed by atoms with Gasteiger partial charge >= 0.3 is 0 Å². The first kappa shape index (κ1) is 16.7. The fourth-order valence-electron chi connectivity index (χ4n) is 2.22. The molecule has 1 N–H and O–H groups in total. The lowest BCUT2D eigenvalue weighted by Crippen LogP contribution is -2.12. The summed E-state index contributed by atoms with van der Waals surface area (Å²) >= 11 is 3.39. The second-order valence-corrected chi connectivity index (χ2v) is 7.88. The number of sulfonamides is 1. The molecule has 5 nitrogen and oxygen atoms in total. The van der Waals surface area contributed by atoms with Gasteiger partial charge in [-0.1, -0.05) is 28.1 Å². The third-order valence-electron chi connectivity index (χ3n) is 3.49. The third-order valence-corrected chi connectivity index (χ3v) is 5.78. The van der Waals surface area contributed by atoms with Crippen LogP contribution in [-0.4, -0.2) is 13.4 Å². The highest BCUT2D eigenvalue weighted by molar-refractivity contribution is 9.10. The van der Waals surface area contributed by atoms with Gasteiger partial charge < -0.3 is 4.42 Å². The van der Waals surface area contributed by atoms with Crippen molar-refractivity contribution >= 4 is 31.6 Å². The Morgan fingerprint density at radius 2 is 1.79 bits per heavy atom. The second-order valence-electron chi connectivity index (χ2n) is 5.35. The molecule has 0 bridgehead atoms. The molecule has 0 saturated carbocycles. The minimum atomic E-state index is -3.65. The number of halogens is 1. The smallest absolute Gasteiger partial charge is 0.261 e. The number of nitrogens with one attached hydrogen (secondary N) is 1. The van der Waals surface area contributed by atoms with E-state index >= 15 is 0 Å². The lowest BCUT2D eigenvalue weighted by atomic mass is 10.2. The molecule has 2 aromatic carbocycles. The van der Waals surface area contributed by atoms with Crippen molar-refractivity contribution in [3.63, 3.8) is 0 Å². The van der Waals surface area contributed by atoms with Crippen LogP contribution in [0.2, 0.25) is 0 Å². The van der Waals surface area contributed by atoms with Crippen molar-refractivity contribution in [2.75, 3.05) is 4.72 Å². The summed E-state index contributed by atoms with van der Waals surface area (Å²) in [6.07, 6.45) is 1.54. The molecular formula is C17H15BrN2O3S. The molecule has 0 unspecified atom stereocenters. The van der Waals surface area contributed by atoms with Crippen molar-refractivity contribution in [1.82, 2.24) is 4.98 Å². The van der Waals surface area contributed by atoms with Crippen molar-refractivity contribution in [3.05, 3.63) is 64.7 Å². The van der Waals surface area contributed by atoms with Gasteiger partial charge in [-0.05, 0) is 42.8 Å². The SMILES string of the molecule is Cc1nc(-c2ccc(S(=O)(=O)Nc3ccc(Br)c(C)c3)cc2)co1. The van der Waals surface area contributed by atoms with Crippen LogP contribution in [0.5, 0.6) is 0 Å². The summed E-state index contributed by atoms with van der Waals surface area (Å²) < 4.78 is 33.7. The highest BCUT2D eigenvalue weighted by Gasteiger charge is 2.15. The Morgan fingerprint density at radius 1 is 1.08 bits per heavy atom. The molecule has 1 heterocycles. The molecular weight excluding hydrogens is 392 g/mol. The fourth-order valence-corrected chi connectivity index (χ4v) is 3.52. The highest BCUT2D eigenvalue weighted by atomic mass is 79.9. The van der Waals surface area contributed by atoms with Crippen molar-refractivity contribution in [1.29, 1.82) is 0 Å². The summed E-state index contributed by atoms with van der Waals surface area (Å²) in [6.45, 7) is 3.66. The Bertz CT molecular complexity index is 979. The number of hydrogen-bond donors (Lipinski definition) is 1. The highest BCUT2D eigenvalue weighted by Crippen LogP contribution is 2.24. The molecule has 7 heteroatoms. The van der Waals surface area contributed by atoms with Crippen LogP contribution in [0.3, 0.4) is 0 Å². The van der Waals surface area contributed by atoms with E-state index in [2.05, 4.69) is 25.6 Å². The number of hydrogen-bond acceptors (Lipinski definition) is 4. The Labute approximate surface area is 148 Å². The molecule has 0 radical (unpaired) electrons. The number of anilines is 1. The van der Waals surface area contributed by atoms with Gasteiger partial charge in [0.05, 0.1) is 4.90 Å². The van der Waals surface area contributed by atoms with Crippen LogP contribution >= 0.6 is 15.9 Å². The van der Waals surface area contributed by atoms with Gasteiger partial charge in [-0.2, -0.15) is 0 Å². The number of aromatic nitrogens is 1. The molecule has 0 spiro atoms. The molecule has 0 aliphatic heterocycles. The summed E-state index contributed by atoms with van der Waals surface area (Å²) in [5, 5.41) is 0. The molecule has 0 aliphatic rings. The molecule has 0 saturated heterocycles. The fraction of sp³-hybridized carbons (Fsp3) is 0.118. The largest absolute Gasteiger partial charge is 0.449 e. The monoisotopic (exact) mass is 406 g/mol. The van der Waals surface area contributed by atoms with Crippen LogP contribution in [0.25, 0.3) is 11.3 Å². The van der Waals surface area contributed by atoms with Gasteiger partial charge in [0, 0.05) is 22.6 Å². The number of rotatable bonds is 4. The van der Waals surface area contributed by atoms with Crippen molar-refractivity contribution in [3.8, 4) is 11.3 Å². The molecule has 1 aromatic heterocycles. The zero-order valence-electron chi connectivity index (χ0n) is 13.1. The molecule has 0 amide bonds. The zero-order chi connectivity index (χ0) is 17.3. The normalized spacial score (nSPS) is 11.5. The lowest BCUT2D eigenvalue weighted by Gasteiger charge is -2.10. The van der Waals surface area contributed by atoms with Crippen LogP contribution in [0, 0.1) is 13.8 Å². The number of aryl methyl sites for hydroxylation is 2. The Hall–Kier alpha value is -2.12. The summed E-state index contributed by atoms with van der Waals surface area (Å²) in [5.74, 6) is 0.564. The van der Waals surface area contributed by atoms with E-state index in [-0.39, 0.29) is 4.90 Å². The van der Waals surface area contributed by atoms with Crippen LogP contribution < -0.4 is 4.72 Å². The molecule has 3 rings (SSSR count). The van der Waals surface area contributed by atoms with Crippen LogP contribution in [0.4, 0.5) is 5.69 Å². The quantitative estimate of drug-likeness (QED) is 0.690. The van der Waals surface area contributed by atoms with E-state index in [0.29, 0.717) is 17.3 Å². The minimum Gasteiger partial charge on any atom is -0.449 e. The van der Waals surface area contributed by atoms with Crippen LogP contribution in [0.15, 0.2) is 62.5 Å². The van der Waals surface area contributed by atoms with Crippen molar-refractivity contribution < 1.29 is 12.8 Å². The van der Waals surface area contributed by atoms with E-state index < -0.39 is 10.0 Å². The maximum atomic E-state index is 12.5. The van der Waals surface area contributed by atoms with Gasteiger partial charge in [0.1, 0.15) is 12.0 Å². The summed E-state index contributed by atoms with van der Waals surface area (Å²) in [7, 11) is -3.65.